The van der Waals surface area contributed by atoms with E-state index < -0.39 is 59.9 Å². The molecule has 1 heterocycles. The second kappa shape index (κ2) is 52.9. The number of allylic oxidation sites excluding steroid dienone is 3. The number of aliphatic hydroxyl groups is 4. The lowest BCUT2D eigenvalue weighted by Gasteiger charge is -2.41. The van der Waals surface area contributed by atoms with E-state index in [-0.39, 0.29) is 18.9 Å². The lowest BCUT2D eigenvalue weighted by Crippen LogP contribution is -2.61. The van der Waals surface area contributed by atoms with Gasteiger partial charge in [0.2, 0.25) is 5.91 Å². The van der Waals surface area contributed by atoms with E-state index >= 15 is 0 Å². The molecule has 0 aliphatic carbocycles. The largest absolute Gasteiger partial charge is 0.397 e. The van der Waals surface area contributed by atoms with Crippen LogP contribution in [0.4, 0.5) is 0 Å². The number of nitrogens with one attached hydrogen (secondary N) is 1. The summed E-state index contributed by atoms with van der Waals surface area (Å²) in [6.07, 6.45) is 58.0. The van der Waals surface area contributed by atoms with Gasteiger partial charge in [-0.2, -0.15) is 8.42 Å². The molecule has 12 nitrogen and oxygen atoms in total. The van der Waals surface area contributed by atoms with Gasteiger partial charge in [0, 0.05) is 6.42 Å². The lowest BCUT2D eigenvalue weighted by molar-refractivity contribution is -0.298. The van der Waals surface area contributed by atoms with Crippen molar-refractivity contribution in [3.05, 3.63) is 24.3 Å². The van der Waals surface area contributed by atoms with Gasteiger partial charge in [-0.3, -0.25) is 9.35 Å². The predicted octanol–water partition coefficient (Wildman–Crippen LogP) is 16.0. The molecule has 0 radical (unpaired) electrons. The van der Waals surface area contributed by atoms with Crippen molar-refractivity contribution >= 4 is 16.3 Å². The fourth-order valence-corrected chi connectivity index (χ4v) is 11.0. The van der Waals surface area contributed by atoms with Gasteiger partial charge in [0.1, 0.15) is 24.4 Å². The molecule has 7 unspecified atom stereocenters. The highest BCUT2D eigenvalue weighted by molar-refractivity contribution is 7.80. The Morgan fingerprint density at radius 2 is 0.842 bits per heavy atom. The Morgan fingerprint density at radius 3 is 1.18 bits per heavy atom. The SMILES string of the molecule is CCCCCCCCCCCCCC/C=C\CCCCCCCCCCCCC(=O)NC(COC1OC(CO)C(O)C(OS(=O)(=O)O)C1O)C(O)/C=C/CCCCCCCCCCCCCCCCCCCCCCC. The van der Waals surface area contributed by atoms with Crippen molar-refractivity contribution in [3.8, 4) is 0 Å². The molecule has 76 heavy (non-hydrogen) atoms. The first-order valence-electron chi connectivity index (χ1n) is 32.2. The van der Waals surface area contributed by atoms with Crippen LogP contribution in [0.2, 0.25) is 0 Å². The summed E-state index contributed by atoms with van der Waals surface area (Å²) >= 11 is 0. The summed E-state index contributed by atoms with van der Waals surface area (Å²) in [5, 5.41) is 45.1. The van der Waals surface area contributed by atoms with Crippen LogP contribution in [0.5, 0.6) is 0 Å². The molecule has 0 bridgehead atoms. The molecule has 7 atom stereocenters. The molecule has 0 aromatic rings. The highest BCUT2D eigenvalue weighted by Crippen LogP contribution is 2.26. The minimum atomic E-state index is -5.09. The van der Waals surface area contributed by atoms with E-state index in [9.17, 15) is 38.2 Å². The van der Waals surface area contributed by atoms with Crippen LogP contribution < -0.4 is 5.32 Å². The van der Waals surface area contributed by atoms with Crippen LogP contribution in [-0.4, -0.2) is 95.4 Å². The van der Waals surface area contributed by atoms with Crippen molar-refractivity contribution in [2.24, 2.45) is 0 Å². The van der Waals surface area contributed by atoms with Crippen molar-refractivity contribution in [1.82, 2.24) is 5.32 Å². The van der Waals surface area contributed by atoms with Crippen molar-refractivity contribution in [1.29, 1.82) is 0 Å². The van der Waals surface area contributed by atoms with Gasteiger partial charge in [0.15, 0.2) is 6.29 Å². The summed E-state index contributed by atoms with van der Waals surface area (Å²) in [6, 6.07) is -0.945. The molecule has 0 saturated carbocycles. The third-order valence-corrected chi connectivity index (χ3v) is 15.9. The van der Waals surface area contributed by atoms with E-state index in [1.165, 1.54) is 250 Å². The van der Waals surface area contributed by atoms with E-state index in [2.05, 4.69) is 35.5 Å². The molecule has 1 rings (SSSR count). The zero-order chi connectivity index (χ0) is 55.4. The Labute approximate surface area is 467 Å². The smallest absolute Gasteiger partial charge is 0.394 e. The maximum Gasteiger partial charge on any atom is 0.397 e. The van der Waals surface area contributed by atoms with Crippen LogP contribution in [0.15, 0.2) is 24.3 Å². The maximum absolute atomic E-state index is 13.2. The molecule has 1 fully saturated rings. The number of amides is 1. The molecule has 0 aromatic heterocycles. The zero-order valence-electron chi connectivity index (χ0n) is 49.1. The van der Waals surface area contributed by atoms with Gasteiger partial charge in [-0.15, -0.1) is 0 Å². The van der Waals surface area contributed by atoms with Gasteiger partial charge in [0.25, 0.3) is 0 Å². The van der Waals surface area contributed by atoms with E-state index in [0.29, 0.717) is 6.42 Å². The average Bonchev–Trinajstić information content (AvgIpc) is 3.40. The summed E-state index contributed by atoms with van der Waals surface area (Å²) in [5.74, 6) is -0.258. The molecule has 6 N–H and O–H groups in total. The summed E-state index contributed by atoms with van der Waals surface area (Å²) in [5.41, 5.74) is 0. The first kappa shape index (κ1) is 72.6. The Bertz CT molecular complexity index is 1430. The van der Waals surface area contributed by atoms with Crippen LogP contribution in [-0.2, 0) is 28.9 Å². The van der Waals surface area contributed by atoms with Crippen molar-refractivity contribution in [2.45, 2.75) is 358 Å². The van der Waals surface area contributed by atoms with Crippen molar-refractivity contribution < 1.29 is 51.8 Å². The van der Waals surface area contributed by atoms with Gasteiger partial charge in [-0.25, -0.2) is 4.18 Å². The number of unbranched alkanes of at least 4 members (excludes halogenated alkanes) is 43. The molecule has 13 heteroatoms. The molecule has 0 spiro atoms. The third-order valence-electron chi connectivity index (χ3n) is 15.5. The van der Waals surface area contributed by atoms with Crippen LogP contribution in [0.25, 0.3) is 0 Å². The van der Waals surface area contributed by atoms with Gasteiger partial charge >= 0.3 is 10.4 Å². The summed E-state index contributed by atoms with van der Waals surface area (Å²) in [4.78, 5) is 13.2. The number of aliphatic hydroxyl groups excluding tert-OH is 4. The fourth-order valence-electron chi connectivity index (χ4n) is 10.5. The number of ether oxygens (including phenoxy) is 2. The Morgan fingerprint density at radius 1 is 0.513 bits per heavy atom. The highest BCUT2D eigenvalue weighted by atomic mass is 32.3. The zero-order valence-corrected chi connectivity index (χ0v) is 49.9. The number of carbonyl (C=O) groups excluding carboxylic acids is 1. The predicted molar refractivity (Wildman–Crippen MR) is 315 cm³/mol. The first-order chi connectivity index (χ1) is 37.0. The van der Waals surface area contributed by atoms with Crippen LogP contribution in [0, 0.1) is 0 Å². The third kappa shape index (κ3) is 44.3. The second-order valence-electron chi connectivity index (χ2n) is 22.7. The minimum Gasteiger partial charge on any atom is -0.394 e. The molecular formula is C63H121NO11S. The molecular weight excluding hydrogens is 979 g/mol. The number of hydrogen-bond donors (Lipinski definition) is 6. The van der Waals surface area contributed by atoms with E-state index in [1.54, 1.807) is 6.08 Å². The first-order valence-corrected chi connectivity index (χ1v) is 33.6. The molecule has 450 valence electrons. The monoisotopic (exact) mass is 1100 g/mol. The van der Waals surface area contributed by atoms with Crippen LogP contribution >= 0.6 is 0 Å². The van der Waals surface area contributed by atoms with Gasteiger partial charge in [-0.1, -0.05) is 289 Å². The number of rotatable bonds is 57. The molecule has 1 saturated heterocycles. The normalized spacial score (nSPS) is 19.1. The van der Waals surface area contributed by atoms with Crippen molar-refractivity contribution in [3.63, 3.8) is 0 Å². The van der Waals surface area contributed by atoms with E-state index in [0.717, 1.165) is 38.5 Å². The molecule has 1 aliphatic rings. The number of hydrogen-bond acceptors (Lipinski definition) is 10. The summed E-state index contributed by atoms with van der Waals surface area (Å²) in [7, 11) is -5.09. The quantitative estimate of drug-likeness (QED) is 0.0193. The van der Waals surface area contributed by atoms with Crippen molar-refractivity contribution in [2.75, 3.05) is 13.2 Å². The number of carbonyl (C=O) groups is 1. The second-order valence-corrected chi connectivity index (χ2v) is 23.8. The summed E-state index contributed by atoms with van der Waals surface area (Å²) in [6.45, 7) is 3.45. The highest BCUT2D eigenvalue weighted by Gasteiger charge is 2.48. The fraction of sp³-hybridized carbons (Fsp3) is 0.921. The van der Waals surface area contributed by atoms with Gasteiger partial charge in [0.05, 0.1) is 25.4 Å². The molecule has 1 aliphatic heterocycles. The Hall–Kier alpha value is -1.42. The summed E-state index contributed by atoms with van der Waals surface area (Å²) < 4.78 is 48.0. The van der Waals surface area contributed by atoms with E-state index in [4.69, 9.17) is 9.47 Å². The average molecular weight is 1100 g/mol. The Balaban J connectivity index is 2.31. The Kier molecular flexibility index (Phi) is 50.6. The molecule has 1 amide bonds. The maximum atomic E-state index is 13.2. The minimum absolute atomic E-state index is 0.258. The molecule has 0 aromatic carbocycles. The lowest BCUT2D eigenvalue weighted by atomic mass is 9.99. The van der Waals surface area contributed by atoms with Crippen LogP contribution in [0.1, 0.15) is 316 Å². The van der Waals surface area contributed by atoms with E-state index in [1.807, 2.05) is 6.08 Å². The standard InChI is InChI=1S/C63H121NO11S/c1-3-5-7-9-11-13-15-17-19-21-23-25-27-28-29-31-33-35-37-39-41-43-45-47-49-51-53-59(67)64-56(55-73-63-61(69)62(75-76(70,71)72)60(68)58(54-65)74-63)57(66)52-50-48-46-44-42-40-38-36-34-32-30-26-24-22-20-18-16-14-12-10-8-6-4-2/h28-29,50,52,56-58,60-63,65-66,68-69H,3-27,30-49,51,53-55H2,1-2H3,(H,64,67)(H,70,71,72)/b29-28-,52-50+. The topological polar surface area (TPSA) is 192 Å². The van der Waals surface area contributed by atoms with Gasteiger partial charge < -0.3 is 35.2 Å². The van der Waals surface area contributed by atoms with Gasteiger partial charge in [-0.05, 0) is 44.9 Å². The van der Waals surface area contributed by atoms with Crippen LogP contribution in [0.3, 0.4) is 0 Å².